The summed E-state index contributed by atoms with van der Waals surface area (Å²) in [6.07, 6.45) is 0.106. The van der Waals surface area contributed by atoms with Crippen molar-refractivity contribution < 1.29 is 9.53 Å². The molecule has 0 aliphatic rings. The summed E-state index contributed by atoms with van der Waals surface area (Å²) in [6, 6.07) is 5.35. The number of carbonyl (C=O) groups is 1. The van der Waals surface area contributed by atoms with Crippen molar-refractivity contribution in [3.8, 4) is 6.07 Å². The van der Waals surface area contributed by atoms with Crippen molar-refractivity contribution in [3.63, 3.8) is 0 Å². The predicted octanol–water partition coefficient (Wildman–Crippen LogP) is 1.41. The van der Waals surface area contributed by atoms with Gasteiger partial charge in [0.2, 0.25) is 0 Å². The van der Waals surface area contributed by atoms with Crippen LogP contribution >= 0.6 is 12.6 Å². The number of hydrogen-bond acceptors (Lipinski definition) is 5. The molecule has 0 atom stereocenters. The molecule has 4 nitrogen and oxygen atoms in total. The maximum atomic E-state index is 11.4. The van der Waals surface area contributed by atoms with Gasteiger partial charge in [-0.05, 0) is 30.2 Å². The molecule has 0 fully saturated rings. The zero-order valence-electron chi connectivity index (χ0n) is 9.56. The maximum absolute atomic E-state index is 11.4. The number of nitrogens with zero attached hydrogens (tertiary/aromatic N) is 1. The Hall–Kier alpha value is -1.51. The molecule has 0 amide bonds. The fraction of sp³-hybridized carbons (Fsp3) is 0.333. The van der Waals surface area contributed by atoms with Crippen LogP contribution in [0.25, 0.3) is 0 Å². The molecule has 0 aromatic heterocycles. The van der Waals surface area contributed by atoms with Crippen molar-refractivity contribution in [1.29, 1.82) is 5.26 Å². The van der Waals surface area contributed by atoms with E-state index in [-0.39, 0.29) is 18.9 Å². The number of benzene rings is 1. The summed E-state index contributed by atoms with van der Waals surface area (Å²) in [7, 11) is 0. The lowest BCUT2D eigenvalue weighted by Crippen LogP contribution is -2.10. The van der Waals surface area contributed by atoms with Crippen molar-refractivity contribution in [2.24, 2.45) is 5.73 Å². The quantitative estimate of drug-likeness (QED) is 0.626. The molecule has 0 aliphatic heterocycles. The van der Waals surface area contributed by atoms with Crippen molar-refractivity contribution in [3.05, 3.63) is 28.8 Å². The molecule has 0 saturated carbocycles. The van der Waals surface area contributed by atoms with Gasteiger partial charge in [0.1, 0.15) is 0 Å². The third kappa shape index (κ3) is 3.48. The van der Waals surface area contributed by atoms with E-state index >= 15 is 0 Å². The van der Waals surface area contributed by atoms with Crippen LogP contribution in [0.2, 0.25) is 0 Å². The monoisotopic (exact) mass is 250 g/mol. The minimum atomic E-state index is -0.333. The lowest BCUT2D eigenvalue weighted by atomic mass is 10.0. The van der Waals surface area contributed by atoms with Gasteiger partial charge >= 0.3 is 5.97 Å². The first-order valence-corrected chi connectivity index (χ1v) is 5.67. The minimum Gasteiger partial charge on any atom is -0.466 e. The molecule has 0 spiro atoms. The number of carbonyl (C=O) groups excluding carboxylic acids is 1. The summed E-state index contributed by atoms with van der Waals surface area (Å²) in [5.74, 6) is -0.333. The van der Waals surface area contributed by atoms with E-state index in [4.69, 9.17) is 15.7 Å². The summed E-state index contributed by atoms with van der Waals surface area (Å²) in [5, 5.41) is 8.88. The number of rotatable bonds is 4. The zero-order chi connectivity index (χ0) is 12.8. The highest BCUT2D eigenvalue weighted by molar-refractivity contribution is 7.80. The van der Waals surface area contributed by atoms with Crippen LogP contribution in [0.1, 0.15) is 23.6 Å². The predicted molar refractivity (Wildman–Crippen MR) is 66.6 cm³/mol. The molecule has 0 saturated heterocycles. The van der Waals surface area contributed by atoms with E-state index in [0.717, 1.165) is 5.56 Å². The number of nitriles is 1. The molecular weight excluding hydrogens is 236 g/mol. The second-order valence-electron chi connectivity index (χ2n) is 3.44. The molecule has 17 heavy (non-hydrogen) atoms. The first-order chi connectivity index (χ1) is 8.12. The van der Waals surface area contributed by atoms with Gasteiger partial charge in [-0.1, -0.05) is 0 Å². The van der Waals surface area contributed by atoms with Gasteiger partial charge in [0, 0.05) is 11.4 Å². The van der Waals surface area contributed by atoms with Crippen LogP contribution in [-0.2, 0) is 22.5 Å². The molecule has 1 aromatic rings. The molecule has 90 valence electrons. The molecule has 5 heteroatoms. The van der Waals surface area contributed by atoms with Crippen LogP contribution < -0.4 is 5.73 Å². The summed E-state index contributed by atoms with van der Waals surface area (Å²) >= 11 is 4.32. The Balaban J connectivity index is 3.06. The van der Waals surface area contributed by atoms with E-state index in [0.29, 0.717) is 22.6 Å². The number of esters is 1. The normalized spacial score (nSPS) is 9.76. The van der Waals surface area contributed by atoms with Crippen LogP contribution in [0.15, 0.2) is 17.0 Å². The van der Waals surface area contributed by atoms with Crippen LogP contribution in [0.4, 0.5) is 0 Å². The lowest BCUT2D eigenvalue weighted by Gasteiger charge is -2.09. The first-order valence-electron chi connectivity index (χ1n) is 5.22. The van der Waals surface area contributed by atoms with Crippen molar-refractivity contribution >= 4 is 18.6 Å². The average molecular weight is 250 g/mol. The fourth-order valence-electron chi connectivity index (χ4n) is 1.48. The third-order valence-electron chi connectivity index (χ3n) is 2.26. The number of ether oxygens (including phenoxy) is 1. The van der Waals surface area contributed by atoms with E-state index in [1.54, 1.807) is 19.1 Å². The summed E-state index contributed by atoms with van der Waals surface area (Å²) in [6.45, 7) is 2.36. The SMILES string of the molecule is CCOC(=O)Cc1cc(C#N)cc(CN)c1S. The van der Waals surface area contributed by atoms with E-state index in [9.17, 15) is 4.79 Å². The van der Waals surface area contributed by atoms with Crippen LogP contribution in [0.3, 0.4) is 0 Å². The Bertz CT molecular complexity index is 466. The standard InChI is InChI=1S/C12H14N2O2S/c1-2-16-11(15)5-9-3-8(6-13)4-10(7-14)12(9)17/h3-4,17H,2,5,7,14H2,1H3. The Morgan fingerprint density at radius 3 is 2.71 bits per heavy atom. The summed E-state index contributed by atoms with van der Waals surface area (Å²) in [5.41, 5.74) is 7.46. The topological polar surface area (TPSA) is 76.1 Å². The second kappa shape index (κ2) is 6.28. The number of nitrogens with two attached hydrogens (primary N) is 1. The van der Waals surface area contributed by atoms with Crippen LogP contribution in [0, 0.1) is 11.3 Å². The molecule has 0 radical (unpaired) electrons. The molecule has 0 bridgehead atoms. The van der Waals surface area contributed by atoms with Gasteiger partial charge in [-0.25, -0.2) is 0 Å². The molecular formula is C12H14N2O2S. The first kappa shape index (κ1) is 13.6. The summed E-state index contributed by atoms with van der Waals surface area (Å²) < 4.78 is 4.86. The molecule has 1 rings (SSSR count). The van der Waals surface area contributed by atoms with Crippen molar-refractivity contribution in [1.82, 2.24) is 0 Å². The van der Waals surface area contributed by atoms with E-state index in [2.05, 4.69) is 12.6 Å². The molecule has 0 aliphatic carbocycles. The largest absolute Gasteiger partial charge is 0.466 e. The van der Waals surface area contributed by atoms with E-state index in [1.807, 2.05) is 6.07 Å². The van der Waals surface area contributed by atoms with E-state index in [1.165, 1.54) is 0 Å². The third-order valence-corrected chi connectivity index (χ3v) is 2.83. The highest BCUT2D eigenvalue weighted by Gasteiger charge is 2.11. The average Bonchev–Trinajstić information content (AvgIpc) is 2.32. The molecule has 0 heterocycles. The zero-order valence-corrected chi connectivity index (χ0v) is 10.5. The Labute approximate surface area is 106 Å². The lowest BCUT2D eigenvalue weighted by molar-refractivity contribution is -0.142. The molecule has 2 N–H and O–H groups in total. The van der Waals surface area contributed by atoms with Gasteiger partial charge in [0.15, 0.2) is 0 Å². The van der Waals surface area contributed by atoms with Crippen LogP contribution in [0.5, 0.6) is 0 Å². The Morgan fingerprint density at radius 1 is 1.53 bits per heavy atom. The van der Waals surface area contributed by atoms with Crippen molar-refractivity contribution in [2.45, 2.75) is 24.8 Å². The summed E-state index contributed by atoms with van der Waals surface area (Å²) in [4.78, 5) is 12.0. The van der Waals surface area contributed by atoms with Gasteiger partial charge in [0.25, 0.3) is 0 Å². The smallest absolute Gasteiger partial charge is 0.310 e. The maximum Gasteiger partial charge on any atom is 0.310 e. The molecule has 0 unspecified atom stereocenters. The number of thiol groups is 1. The highest BCUT2D eigenvalue weighted by atomic mass is 32.1. The number of hydrogen-bond donors (Lipinski definition) is 2. The van der Waals surface area contributed by atoms with Gasteiger partial charge in [-0.3, -0.25) is 4.79 Å². The minimum absolute atomic E-state index is 0.106. The highest BCUT2D eigenvalue weighted by Crippen LogP contribution is 2.22. The Morgan fingerprint density at radius 2 is 2.18 bits per heavy atom. The molecule has 1 aromatic carbocycles. The Kier molecular flexibility index (Phi) is 5.01. The van der Waals surface area contributed by atoms with Gasteiger partial charge < -0.3 is 10.5 Å². The van der Waals surface area contributed by atoms with Gasteiger partial charge in [0.05, 0.1) is 24.7 Å². The van der Waals surface area contributed by atoms with E-state index < -0.39 is 0 Å². The van der Waals surface area contributed by atoms with Gasteiger partial charge in [-0.15, -0.1) is 12.6 Å². The fourth-order valence-corrected chi connectivity index (χ4v) is 1.78. The van der Waals surface area contributed by atoms with Crippen LogP contribution in [-0.4, -0.2) is 12.6 Å². The van der Waals surface area contributed by atoms with Gasteiger partial charge in [-0.2, -0.15) is 5.26 Å². The second-order valence-corrected chi connectivity index (χ2v) is 3.89. The van der Waals surface area contributed by atoms with Crippen molar-refractivity contribution in [2.75, 3.05) is 6.61 Å².